The Morgan fingerprint density at radius 3 is 2.79 bits per heavy atom. The molecule has 1 aliphatic heterocycles. The number of aryl methyl sites for hydroxylation is 1. The van der Waals surface area contributed by atoms with Crippen LogP contribution in [0.3, 0.4) is 0 Å². The lowest BCUT2D eigenvalue weighted by molar-refractivity contribution is -0.130. The Kier molecular flexibility index (Phi) is 3.86. The quantitative estimate of drug-likeness (QED) is 0.575. The number of rotatable bonds is 1. The minimum atomic E-state index is -0.0863. The fourth-order valence-corrected chi connectivity index (χ4v) is 5.26. The average molecular weight is 356 g/mol. The molecule has 1 unspecified atom stereocenters. The number of fused-ring (bicyclic) bond motifs is 2. The average Bonchev–Trinajstić information content (AvgIpc) is 2.90. The highest BCUT2D eigenvalue weighted by molar-refractivity contribution is 7.19. The van der Waals surface area contributed by atoms with Crippen molar-refractivity contribution in [1.82, 2.24) is 4.90 Å². The summed E-state index contributed by atoms with van der Waals surface area (Å²) in [5, 5.41) is 1.85. The summed E-state index contributed by atoms with van der Waals surface area (Å²) in [7, 11) is 0. The van der Waals surface area contributed by atoms with E-state index in [4.69, 9.17) is 11.6 Å². The van der Waals surface area contributed by atoms with E-state index in [0.29, 0.717) is 0 Å². The van der Waals surface area contributed by atoms with Crippen molar-refractivity contribution in [3.63, 3.8) is 0 Å². The van der Waals surface area contributed by atoms with Gasteiger partial charge in [-0.25, -0.2) is 0 Å². The first-order chi connectivity index (χ1) is 11.6. The van der Waals surface area contributed by atoms with Gasteiger partial charge in [0.05, 0.1) is 15.9 Å². The van der Waals surface area contributed by atoms with Gasteiger partial charge in [-0.15, -0.1) is 11.3 Å². The van der Waals surface area contributed by atoms with Crippen molar-refractivity contribution >= 4 is 38.9 Å². The fraction of sp³-hybridized carbons (Fsp3) is 0.250. The van der Waals surface area contributed by atoms with Gasteiger partial charge in [0.1, 0.15) is 0 Å². The summed E-state index contributed by atoms with van der Waals surface area (Å²) in [6.45, 7) is 4.49. The summed E-state index contributed by atoms with van der Waals surface area (Å²) < 4.78 is 1.17. The van der Waals surface area contributed by atoms with Crippen molar-refractivity contribution in [3.05, 3.63) is 69.1 Å². The summed E-state index contributed by atoms with van der Waals surface area (Å²) in [5.74, 6) is 0.0970. The maximum absolute atomic E-state index is 12.3. The molecule has 0 aliphatic carbocycles. The van der Waals surface area contributed by atoms with Crippen LogP contribution in [0.5, 0.6) is 0 Å². The molecule has 0 N–H and O–H groups in total. The van der Waals surface area contributed by atoms with E-state index in [2.05, 4.69) is 37.3 Å². The van der Waals surface area contributed by atoms with E-state index in [1.807, 2.05) is 17.0 Å². The second-order valence-electron chi connectivity index (χ2n) is 6.34. The summed E-state index contributed by atoms with van der Waals surface area (Å²) >= 11 is 8.42. The van der Waals surface area contributed by atoms with E-state index >= 15 is 0 Å². The van der Waals surface area contributed by atoms with Crippen LogP contribution in [-0.4, -0.2) is 17.4 Å². The molecule has 2 nitrogen and oxygen atoms in total. The van der Waals surface area contributed by atoms with E-state index in [1.54, 1.807) is 18.3 Å². The zero-order chi connectivity index (χ0) is 16.8. The lowest BCUT2D eigenvalue weighted by Crippen LogP contribution is -2.39. The third-order valence-corrected chi connectivity index (χ3v) is 6.48. The van der Waals surface area contributed by atoms with Gasteiger partial charge in [-0.1, -0.05) is 53.6 Å². The first-order valence-electron chi connectivity index (χ1n) is 8.10. The Labute approximate surface area is 150 Å². The minimum absolute atomic E-state index is 0.0863. The van der Waals surface area contributed by atoms with Crippen LogP contribution in [-0.2, 0) is 11.2 Å². The van der Waals surface area contributed by atoms with Gasteiger partial charge in [0.2, 0.25) is 5.91 Å². The molecule has 4 rings (SSSR count). The summed E-state index contributed by atoms with van der Waals surface area (Å²) in [6.07, 6.45) is 0.898. The second-order valence-corrected chi connectivity index (χ2v) is 7.81. The number of thiophene rings is 1. The zero-order valence-corrected chi connectivity index (χ0v) is 15.2. The standard InChI is InChI=1S/C20H18ClNOS/c1-12-7-8-15-14(11-12)9-10-22(13(2)23)19(15)20-18(21)16-5-3-4-6-17(16)24-20/h3-8,11,19H,9-10H2,1-2H3. The molecule has 0 fully saturated rings. The summed E-state index contributed by atoms with van der Waals surface area (Å²) in [5.41, 5.74) is 3.78. The molecule has 122 valence electrons. The molecule has 2 aromatic carbocycles. The number of hydrogen-bond acceptors (Lipinski definition) is 2. The van der Waals surface area contributed by atoms with Gasteiger partial charge >= 0.3 is 0 Å². The van der Waals surface area contributed by atoms with Gasteiger partial charge in [0, 0.05) is 23.6 Å². The molecule has 0 bridgehead atoms. The van der Waals surface area contributed by atoms with Crippen molar-refractivity contribution in [2.24, 2.45) is 0 Å². The van der Waals surface area contributed by atoms with Gasteiger partial charge in [-0.3, -0.25) is 4.79 Å². The zero-order valence-electron chi connectivity index (χ0n) is 13.7. The van der Waals surface area contributed by atoms with Crippen LogP contribution in [0.2, 0.25) is 5.02 Å². The van der Waals surface area contributed by atoms with Crippen LogP contribution in [0, 0.1) is 6.92 Å². The first kappa shape index (κ1) is 15.7. The number of amides is 1. The van der Waals surface area contributed by atoms with Crippen LogP contribution in [0.25, 0.3) is 10.1 Å². The van der Waals surface area contributed by atoms with E-state index < -0.39 is 0 Å². The van der Waals surface area contributed by atoms with Gasteiger partial charge in [0.15, 0.2) is 0 Å². The van der Waals surface area contributed by atoms with Gasteiger partial charge < -0.3 is 4.90 Å². The Hall–Kier alpha value is -1.84. The number of carbonyl (C=O) groups is 1. The highest BCUT2D eigenvalue weighted by atomic mass is 35.5. The topological polar surface area (TPSA) is 20.3 Å². The molecule has 1 atom stereocenters. The highest BCUT2D eigenvalue weighted by Crippen LogP contribution is 2.45. The highest BCUT2D eigenvalue weighted by Gasteiger charge is 2.33. The summed E-state index contributed by atoms with van der Waals surface area (Å²) in [6, 6.07) is 14.6. The lowest BCUT2D eigenvalue weighted by atomic mass is 9.90. The normalized spacial score (nSPS) is 17.1. The Morgan fingerprint density at radius 2 is 2.04 bits per heavy atom. The molecule has 2 heterocycles. The number of halogens is 1. The van der Waals surface area contributed by atoms with E-state index in [9.17, 15) is 4.79 Å². The van der Waals surface area contributed by atoms with Gasteiger partial charge in [-0.2, -0.15) is 0 Å². The molecule has 4 heteroatoms. The monoisotopic (exact) mass is 355 g/mol. The van der Waals surface area contributed by atoms with Crippen LogP contribution < -0.4 is 0 Å². The van der Waals surface area contributed by atoms with E-state index in [1.165, 1.54) is 21.4 Å². The molecule has 1 amide bonds. The number of hydrogen-bond donors (Lipinski definition) is 0. The largest absolute Gasteiger partial charge is 0.331 e. The minimum Gasteiger partial charge on any atom is -0.331 e. The molecule has 1 aliphatic rings. The SMILES string of the molecule is CC(=O)N1CCc2cc(C)ccc2C1c1sc2ccccc2c1Cl. The van der Waals surface area contributed by atoms with E-state index in [-0.39, 0.29) is 11.9 Å². The van der Waals surface area contributed by atoms with Crippen LogP contribution in [0.1, 0.15) is 34.5 Å². The number of benzene rings is 2. The molecular weight excluding hydrogens is 338 g/mol. The van der Waals surface area contributed by atoms with Gasteiger partial charge in [-0.05, 0) is 30.5 Å². The van der Waals surface area contributed by atoms with Gasteiger partial charge in [0.25, 0.3) is 0 Å². The third-order valence-electron chi connectivity index (χ3n) is 4.74. The Morgan fingerprint density at radius 1 is 1.25 bits per heavy atom. The van der Waals surface area contributed by atoms with Crippen molar-refractivity contribution in [1.29, 1.82) is 0 Å². The van der Waals surface area contributed by atoms with Crippen molar-refractivity contribution in [2.45, 2.75) is 26.3 Å². The van der Waals surface area contributed by atoms with Crippen LogP contribution in [0.15, 0.2) is 42.5 Å². The predicted octanol–water partition coefficient (Wildman–Crippen LogP) is 5.36. The molecule has 1 aromatic heterocycles. The molecule has 0 saturated heterocycles. The Bertz CT molecular complexity index is 946. The first-order valence-corrected chi connectivity index (χ1v) is 9.29. The molecular formula is C20H18ClNOS. The predicted molar refractivity (Wildman–Crippen MR) is 101 cm³/mol. The van der Waals surface area contributed by atoms with Crippen molar-refractivity contribution in [2.75, 3.05) is 6.54 Å². The Balaban J connectivity index is 1.95. The third kappa shape index (κ3) is 2.43. The molecule has 3 aromatic rings. The lowest BCUT2D eigenvalue weighted by Gasteiger charge is -2.36. The number of nitrogens with zero attached hydrogens (tertiary/aromatic N) is 1. The van der Waals surface area contributed by atoms with E-state index in [0.717, 1.165) is 28.3 Å². The van der Waals surface area contributed by atoms with Crippen LogP contribution >= 0.6 is 22.9 Å². The van der Waals surface area contributed by atoms with Crippen molar-refractivity contribution < 1.29 is 4.79 Å². The fourth-order valence-electron chi connectivity index (χ4n) is 3.59. The smallest absolute Gasteiger partial charge is 0.220 e. The van der Waals surface area contributed by atoms with Crippen LogP contribution in [0.4, 0.5) is 0 Å². The number of carbonyl (C=O) groups excluding carboxylic acids is 1. The molecule has 0 radical (unpaired) electrons. The molecule has 0 saturated carbocycles. The molecule has 0 spiro atoms. The van der Waals surface area contributed by atoms with Crippen molar-refractivity contribution in [3.8, 4) is 0 Å². The maximum atomic E-state index is 12.3. The molecule has 24 heavy (non-hydrogen) atoms. The summed E-state index contributed by atoms with van der Waals surface area (Å²) in [4.78, 5) is 15.3. The maximum Gasteiger partial charge on any atom is 0.220 e. The second kappa shape index (κ2) is 5.91.